The Morgan fingerprint density at radius 3 is 2.00 bits per heavy atom. The van der Waals surface area contributed by atoms with Crippen molar-refractivity contribution in [2.24, 2.45) is 11.8 Å². The van der Waals surface area contributed by atoms with Crippen molar-refractivity contribution in [3.8, 4) is 0 Å². The standard InChI is InChI=1S/C22H31F3O/c1-2-3-15-4-6-16(7-5-15)14-26-19-10-8-17(9-11-19)18-12-20(23)22(25)21(24)13-18/h12-13,15-17,19H,2-11,14H2,1H3. The highest BCUT2D eigenvalue weighted by atomic mass is 19.2. The van der Waals surface area contributed by atoms with Gasteiger partial charge in [-0.15, -0.1) is 0 Å². The average molecular weight is 368 g/mol. The van der Waals surface area contributed by atoms with Crippen molar-refractivity contribution >= 4 is 0 Å². The minimum absolute atomic E-state index is 0.101. The molecule has 0 radical (unpaired) electrons. The van der Waals surface area contributed by atoms with E-state index in [9.17, 15) is 13.2 Å². The number of rotatable bonds is 6. The van der Waals surface area contributed by atoms with Gasteiger partial charge in [-0.25, -0.2) is 13.2 Å². The van der Waals surface area contributed by atoms with Gasteiger partial charge in [-0.05, 0) is 74.0 Å². The van der Waals surface area contributed by atoms with Crippen LogP contribution < -0.4 is 0 Å². The highest BCUT2D eigenvalue weighted by Gasteiger charge is 2.26. The van der Waals surface area contributed by atoms with Crippen LogP contribution in [0.3, 0.4) is 0 Å². The first-order valence-corrected chi connectivity index (χ1v) is 10.3. The maximum absolute atomic E-state index is 13.4. The van der Waals surface area contributed by atoms with E-state index in [2.05, 4.69) is 6.92 Å². The largest absolute Gasteiger partial charge is 0.378 e. The van der Waals surface area contributed by atoms with E-state index in [-0.39, 0.29) is 12.0 Å². The van der Waals surface area contributed by atoms with E-state index in [0.29, 0.717) is 11.5 Å². The van der Waals surface area contributed by atoms with Crippen LogP contribution in [0.2, 0.25) is 0 Å². The van der Waals surface area contributed by atoms with Gasteiger partial charge in [0.05, 0.1) is 6.10 Å². The fraction of sp³-hybridized carbons (Fsp3) is 0.727. The number of hydrogen-bond donors (Lipinski definition) is 0. The van der Waals surface area contributed by atoms with Crippen LogP contribution in [0.5, 0.6) is 0 Å². The van der Waals surface area contributed by atoms with Gasteiger partial charge in [-0.3, -0.25) is 0 Å². The first kappa shape index (κ1) is 19.7. The van der Waals surface area contributed by atoms with Gasteiger partial charge >= 0.3 is 0 Å². The predicted octanol–water partition coefficient (Wildman–Crippen LogP) is 6.75. The van der Waals surface area contributed by atoms with Crippen LogP contribution in [0.4, 0.5) is 13.2 Å². The second-order valence-electron chi connectivity index (χ2n) is 8.28. The van der Waals surface area contributed by atoms with E-state index in [0.717, 1.165) is 50.3 Å². The van der Waals surface area contributed by atoms with E-state index in [1.54, 1.807) is 0 Å². The molecule has 1 aromatic rings. The molecule has 0 N–H and O–H groups in total. The van der Waals surface area contributed by atoms with E-state index in [1.807, 2.05) is 0 Å². The molecule has 1 aromatic carbocycles. The van der Waals surface area contributed by atoms with Crippen molar-refractivity contribution in [1.82, 2.24) is 0 Å². The topological polar surface area (TPSA) is 9.23 Å². The van der Waals surface area contributed by atoms with E-state index in [1.165, 1.54) is 38.5 Å². The molecule has 0 aromatic heterocycles. The molecule has 0 amide bonds. The molecule has 1 nitrogen and oxygen atoms in total. The number of ether oxygens (including phenoxy) is 1. The quantitative estimate of drug-likeness (QED) is 0.504. The molecule has 0 atom stereocenters. The zero-order valence-corrected chi connectivity index (χ0v) is 15.8. The van der Waals surface area contributed by atoms with Crippen LogP contribution in [0.1, 0.15) is 82.6 Å². The molecule has 2 saturated carbocycles. The van der Waals surface area contributed by atoms with Gasteiger partial charge in [0.1, 0.15) is 0 Å². The Morgan fingerprint density at radius 1 is 0.846 bits per heavy atom. The van der Waals surface area contributed by atoms with E-state index >= 15 is 0 Å². The summed E-state index contributed by atoms with van der Waals surface area (Å²) in [6.45, 7) is 3.12. The van der Waals surface area contributed by atoms with E-state index < -0.39 is 17.5 Å². The molecule has 2 fully saturated rings. The Hall–Kier alpha value is -1.03. The maximum atomic E-state index is 13.4. The van der Waals surface area contributed by atoms with Crippen LogP contribution in [-0.4, -0.2) is 12.7 Å². The SMILES string of the molecule is CCCC1CCC(COC2CCC(c3cc(F)c(F)c(F)c3)CC2)CC1. The van der Waals surface area contributed by atoms with Gasteiger partial charge in [0.25, 0.3) is 0 Å². The molecular formula is C22H31F3O. The summed E-state index contributed by atoms with van der Waals surface area (Å²) < 4.78 is 46.1. The number of benzene rings is 1. The average Bonchev–Trinajstić information content (AvgIpc) is 2.66. The third kappa shape index (κ3) is 5.03. The molecule has 2 aliphatic carbocycles. The van der Waals surface area contributed by atoms with Gasteiger partial charge in [0, 0.05) is 6.61 Å². The molecular weight excluding hydrogens is 337 g/mol. The molecule has 146 valence electrons. The molecule has 0 unspecified atom stereocenters. The lowest BCUT2D eigenvalue weighted by Gasteiger charge is -2.32. The summed E-state index contributed by atoms with van der Waals surface area (Å²) in [5.41, 5.74) is 0.578. The van der Waals surface area contributed by atoms with Crippen molar-refractivity contribution in [3.63, 3.8) is 0 Å². The maximum Gasteiger partial charge on any atom is 0.194 e. The normalized spacial score (nSPS) is 29.7. The third-order valence-electron chi connectivity index (χ3n) is 6.38. The predicted molar refractivity (Wildman–Crippen MR) is 97.6 cm³/mol. The lowest BCUT2D eigenvalue weighted by atomic mass is 9.80. The van der Waals surface area contributed by atoms with E-state index in [4.69, 9.17) is 4.74 Å². The Balaban J connectivity index is 1.40. The van der Waals surface area contributed by atoms with Crippen LogP contribution >= 0.6 is 0 Å². The smallest absolute Gasteiger partial charge is 0.194 e. The van der Waals surface area contributed by atoms with Crippen LogP contribution in [0.25, 0.3) is 0 Å². The Bertz CT molecular complexity index is 550. The second kappa shape index (κ2) is 9.25. The van der Waals surface area contributed by atoms with Crippen molar-refractivity contribution in [2.45, 2.75) is 83.2 Å². The van der Waals surface area contributed by atoms with Crippen molar-refractivity contribution in [3.05, 3.63) is 35.1 Å². The Kier molecular flexibility index (Phi) is 7.02. The van der Waals surface area contributed by atoms with Crippen LogP contribution in [0.15, 0.2) is 12.1 Å². The highest BCUT2D eigenvalue weighted by Crippen LogP contribution is 2.36. The molecule has 2 aliphatic rings. The summed E-state index contributed by atoms with van der Waals surface area (Å²) in [4.78, 5) is 0. The molecule has 0 bridgehead atoms. The van der Waals surface area contributed by atoms with Crippen LogP contribution in [-0.2, 0) is 4.74 Å². The first-order valence-electron chi connectivity index (χ1n) is 10.3. The van der Waals surface area contributed by atoms with Crippen molar-refractivity contribution in [1.29, 1.82) is 0 Å². The third-order valence-corrected chi connectivity index (χ3v) is 6.38. The van der Waals surface area contributed by atoms with Gasteiger partial charge in [-0.1, -0.05) is 32.6 Å². The lowest BCUT2D eigenvalue weighted by molar-refractivity contribution is -0.00481. The molecule has 0 heterocycles. The summed E-state index contributed by atoms with van der Waals surface area (Å²) >= 11 is 0. The zero-order valence-electron chi connectivity index (χ0n) is 15.8. The molecule has 3 rings (SSSR count). The van der Waals surface area contributed by atoms with Gasteiger partial charge in [0.15, 0.2) is 17.5 Å². The fourth-order valence-corrected chi connectivity index (χ4v) is 4.74. The molecule has 0 saturated heterocycles. The van der Waals surface area contributed by atoms with Gasteiger partial charge in [-0.2, -0.15) is 0 Å². The second-order valence-corrected chi connectivity index (χ2v) is 8.28. The molecule has 0 aliphatic heterocycles. The minimum atomic E-state index is -1.38. The minimum Gasteiger partial charge on any atom is -0.378 e. The monoisotopic (exact) mass is 368 g/mol. The Labute approximate surface area is 155 Å². The summed E-state index contributed by atoms with van der Waals surface area (Å²) in [6.07, 6.45) is 11.7. The van der Waals surface area contributed by atoms with Gasteiger partial charge in [0.2, 0.25) is 0 Å². The Morgan fingerprint density at radius 2 is 1.42 bits per heavy atom. The summed E-state index contributed by atoms with van der Waals surface area (Å²) in [7, 11) is 0. The van der Waals surface area contributed by atoms with Crippen LogP contribution in [0, 0.1) is 29.3 Å². The highest BCUT2D eigenvalue weighted by molar-refractivity contribution is 5.23. The molecule has 4 heteroatoms. The summed E-state index contributed by atoms with van der Waals surface area (Å²) in [5.74, 6) is -1.83. The fourth-order valence-electron chi connectivity index (χ4n) is 4.74. The summed E-state index contributed by atoms with van der Waals surface area (Å²) in [6, 6.07) is 2.30. The molecule has 0 spiro atoms. The summed E-state index contributed by atoms with van der Waals surface area (Å²) in [5, 5.41) is 0. The first-order chi connectivity index (χ1) is 12.6. The zero-order chi connectivity index (χ0) is 18.5. The number of hydrogen-bond acceptors (Lipinski definition) is 1. The van der Waals surface area contributed by atoms with Crippen molar-refractivity contribution < 1.29 is 17.9 Å². The molecule has 26 heavy (non-hydrogen) atoms. The van der Waals surface area contributed by atoms with Crippen molar-refractivity contribution in [2.75, 3.05) is 6.61 Å². The van der Waals surface area contributed by atoms with Gasteiger partial charge < -0.3 is 4.74 Å². The lowest BCUT2D eigenvalue weighted by Crippen LogP contribution is -2.25. The number of halogens is 3.